The fraction of sp³-hybridized carbons (Fsp3) is 0.400. The highest BCUT2D eigenvalue weighted by Gasteiger charge is 2.01. The molecule has 0 bridgehead atoms. The van der Waals surface area contributed by atoms with Crippen molar-refractivity contribution in [1.29, 1.82) is 0 Å². The molecule has 136 valence electrons. The van der Waals surface area contributed by atoms with E-state index < -0.39 is 0 Å². The van der Waals surface area contributed by atoms with Gasteiger partial charge in [-0.25, -0.2) is 4.99 Å². The molecule has 2 rings (SSSR count). The van der Waals surface area contributed by atoms with Gasteiger partial charge in [0.1, 0.15) is 0 Å². The van der Waals surface area contributed by atoms with E-state index in [2.05, 4.69) is 53.7 Å². The van der Waals surface area contributed by atoms with Gasteiger partial charge in [-0.2, -0.15) is 0 Å². The topological polar surface area (TPSA) is 49.3 Å². The van der Waals surface area contributed by atoms with Crippen LogP contribution in [0.5, 0.6) is 0 Å². The Bertz CT molecular complexity index is 653. The van der Waals surface area contributed by atoms with Gasteiger partial charge in [0, 0.05) is 12.2 Å². The van der Waals surface area contributed by atoms with Gasteiger partial charge in [-0.3, -0.25) is 4.98 Å². The summed E-state index contributed by atoms with van der Waals surface area (Å²) in [5.74, 6) is 0.840. The lowest BCUT2D eigenvalue weighted by molar-refractivity contribution is 0.721. The van der Waals surface area contributed by atoms with E-state index in [0.717, 1.165) is 36.7 Å². The van der Waals surface area contributed by atoms with Crippen molar-refractivity contribution in [3.05, 3.63) is 65.0 Å². The zero-order valence-electron chi connectivity index (χ0n) is 15.4. The highest BCUT2D eigenvalue weighted by Crippen LogP contribution is 2.04. The fourth-order valence-corrected chi connectivity index (χ4v) is 2.29. The molecule has 0 unspecified atom stereocenters. The Labute approximate surface area is 168 Å². The normalized spacial score (nSPS) is 10.9. The van der Waals surface area contributed by atoms with Gasteiger partial charge in [-0.1, -0.05) is 49.2 Å². The molecule has 0 spiro atoms. The van der Waals surface area contributed by atoms with Gasteiger partial charge in [-0.05, 0) is 38.0 Å². The Hall–Kier alpha value is -1.63. The van der Waals surface area contributed by atoms with Gasteiger partial charge in [0.15, 0.2) is 5.96 Å². The summed E-state index contributed by atoms with van der Waals surface area (Å²) in [6, 6.07) is 14.6. The van der Waals surface area contributed by atoms with Crippen LogP contribution in [-0.2, 0) is 13.1 Å². The van der Waals surface area contributed by atoms with Crippen LogP contribution in [0, 0.1) is 13.8 Å². The van der Waals surface area contributed by atoms with E-state index >= 15 is 0 Å². The minimum Gasteiger partial charge on any atom is -0.356 e. The molecule has 0 aliphatic rings. The van der Waals surface area contributed by atoms with Crippen molar-refractivity contribution in [2.24, 2.45) is 4.99 Å². The second-order valence-electron chi connectivity index (χ2n) is 6.05. The molecule has 0 fully saturated rings. The smallest absolute Gasteiger partial charge is 0.191 e. The van der Waals surface area contributed by atoms with Crippen molar-refractivity contribution in [3.63, 3.8) is 0 Å². The van der Waals surface area contributed by atoms with Crippen LogP contribution in [0.3, 0.4) is 0 Å². The molecule has 0 amide bonds. The van der Waals surface area contributed by atoms with Gasteiger partial charge in [0.05, 0.1) is 18.8 Å². The molecule has 1 aromatic heterocycles. The predicted molar refractivity (Wildman–Crippen MR) is 116 cm³/mol. The number of guanidine groups is 1. The Morgan fingerprint density at radius 3 is 2.48 bits per heavy atom. The molecule has 0 saturated heterocycles. The molecule has 2 N–H and O–H groups in total. The quantitative estimate of drug-likeness (QED) is 0.284. The number of nitrogens with one attached hydrogen (secondary N) is 2. The number of hydrogen-bond donors (Lipinski definition) is 2. The third-order valence-corrected chi connectivity index (χ3v) is 3.75. The molecule has 5 heteroatoms. The van der Waals surface area contributed by atoms with Crippen molar-refractivity contribution in [2.45, 2.75) is 46.7 Å². The number of pyridine rings is 1. The molecule has 4 nitrogen and oxygen atoms in total. The lowest BCUT2D eigenvalue weighted by atomic mass is 10.1. The van der Waals surface area contributed by atoms with Gasteiger partial charge in [-0.15, -0.1) is 24.0 Å². The molecule has 0 aliphatic carbocycles. The van der Waals surface area contributed by atoms with Crippen molar-refractivity contribution in [2.75, 3.05) is 6.54 Å². The molecular formula is C20H29IN4. The number of rotatable bonds is 7. The van der Waals surface area contributed by atoms with Gasteiger partial charge < -0.3 is 10.6 Å². The van der Waals surface area contributed by atoms with Crippen LogP contribution in [0.4, 0.5) is 0 Å². The number of benzene rings is 1. The summed E-state index contributed by atoms with van der Waals surface area (Å²) >= 11 is 0. The average molecular weight is 452 g/mol. The molecule has 1 heterocycles. The zero-order chi connectivity index (χ0) is 17.2. The Balaban J connectivity index is 0.00000312. The minimum atomic E-state index is 0. The lowest BCUT2D eigenvalue weighted by Crippen LogP contribution is -2.37. The first-order valence-electron chi connectivity index (χ1n) is 8.67. The van der Waals surface area contributed by atoms with Crippen LogP contribution < -0.4 is 10.6 Å². The summed E-state index contributed by atoms with van der Waals surface area (Å²) in [7, 11) is 0. The maximum Gasteiger partial charge on any atom is 0.191 e. The molecular weight excluding hydrogens is 423 g/mol. The number of nitrogens with zero attached hydrogens (tertiary/aromatic N) is 2. The number of aryl methyl sites for hydroxylation is 2. The highest BCUT2D eigenvalue weighted by molar-refractivity contribution is 14.0. The minimum absolute atomic E-state index is 0. The third kappa shape index (κ3) is 8.34. The first-order valence-corrected chi connectivity index (χ1v) is 8.67. The van der Waals surface area contributed by atoms with Crippen LogP contribution >= 0.6 is 24.0 Å². The predicted octanol–water partition coefficient (Wildman–Crippen LogP) is 4.35. The van der Waals surface area contributed by atoms with Crippen LogP contribution in [0.15, 0.2) is 47.5 Å². The number of hydrogen-bond acceptors (Lipinski definition) is 2. The summed E-state index contributed by atoms with van der Waals surface area (Å²) in [6.07, 6.45) is 2.30. The largest absolute Gasteiger partial charge is 0.356 e. The zero-order valence-corrected chi connectivity index (χ0v) is 17.7. The van der Waals surface area contributed by atoms with Gasteiger partial charge in [0.25, 0.3) is 0 Å². The van der Waals surface area contributed by atoms with Gasteiger partial charge >= 0.3 is 0 Å². The first kappa shape index (κ1) is 21.4. The SMILES string of the molecule is CCCCNC(=NCc1ccc(C)cc1)NCc1cccc(C)n1.I. The van der Waals surface area contributed by atoms with E-state index in [1.54, 1.807) is 0 Å². The van der Waals surface area contributed by atoms with Crippen LogP contribution in [0.25, 0.3) is 0 Å². The van der Waals surface area contributed by atoms with E-state index in [9.17, 15) is 0 Å². The van der Waals surface area contributed by atoms with Gasteiger partial charge in [0.2, 0.25) is 0 Å². The lowest BCUT2D eigenvalue weighted by Gasteiger charge is -2.12. The maximum absolute atomic E-state index is 4.70. The molecule has 25 heavy (non-hydrogen) atoms. The molecule has 1 aromatic carbocycles. The number of aliphatic imine (C=N–C) groups is 1. The van der Waals surface area contributed by atoms with Crippen molar-refractivity contribution in [1.82, 2.24) is 15.6 Å². The van der Waals surface area contributed by atoms with E-state index in [0.29, 0.717) is 13.1 Å². The molecule has 0 atom stereocenters. The molecule has 0 radical (unpaired) electrons. The summed E-state index contributed by atoms with van der Waals surface area (Å²) in [6.45, 7) is 8.57. The standard InChI is InChI=1S/C20H28N4.HI/c1-4-5-13-21-20(22-14-18-11-9-16(2)10-12-18)23-15-19-8-6-7-17(3)24-19;/h6-12H,4-5,13-15H2,1-3H3,(H2,21,22,23);1H. The second-order valence-corrected chi connectivity index (χ2v) is 6.05. The second kappa shape index (κ2) is 11.8. The Kier molecular flexibility index (Phi) is 10.1. The van der Waals surface area contributed by atoms with Crippen LogP contribution in [-0.4, -0.2) is 17.5 Å². The summed E-state index contributed by atoms with van der Waals surface area (Å²) in [4.78, 5) is 9.22. The number of aromatic nitrogens is 1. The van der Waals surface area contributed by atoms with E-state index in [1.165, 1.54) is 11.1 Å². The van der Waals surface area contributed by atoms with Crippen LogP contribution in [0.1, 0.15) is 42.3 Å². The first-order chi connectivity index (χ1) is 11.7. The monoisotopic (exact) mass is 452 g/mol. The average Bonchev–Trinajstić information content (AvgIpc) is 2.58. The molecule has 2 aromatic rings. The summed E-state index contributed by atoms with van der Waals surface area (Å²) in [5, 5.41) is 6.78. The van der Waals surface area contributed by atoms with Crippen molar-refractivity contribution in [3.8, 4) is 0 Å². The third-order valence-electron chi connectivity index (χ3n) is 3.75. The van der Waals surface area contributed by atoms with E-state index in [1.807, 2.05) is 25.1 Å². The number of halogens is 1. The number of unbranched alkanes of at least 4 members (excludes halogenated alkanes) is 1. The van der Waals surface area contributed by atoms with E-state index in [4.69, 9.17) is 4.99 Å². The fourth-order valence-electron chi connectivity index (χ4n) is 2.29. The highest BCUT2D eigenvalue weighted by atomic mass is 127. The summed E-state index contributed by atoms with van der Waals surface area (Å²) < 4.78 is 0. The Morgan fingerprint density at radius 1 is 1.04 bits per heavy atom. The molecule has 0 aliphatic heterocycles. The Morgan fingerprint density at radius 2 is 1.80 bits per heavy atom. The van der Waals surface area contributed by atoms with Crippen LogP contribution in [0.2, 0.25) is 0 Å². The maximum atomic E-state index is 4.70. The van der Waals surface area contributed by atoms with E-state index in [-0.39, 0.29) is 24.0 Å². The molecule has 0 saturated carbocycles. The van der Waals surface area contributed by atoms with Crippen molar-refractivity contribution >= 4 is 29.9 Å². The summed E-state index contributed by atoms with van der Waals surface area (Å²) in [5.41, 5.74) is 4.54. The van der Waals surface area contributed by atoms with Crippen molar-refractivity contribution < 1.29 is 0 Å².